The molecule has 0 bridgehead atoms. The summed E-state index contributed by atoms with van der Waals surface area (Å²) in [7, 11) is 0. The first-order valence-corrected chi connectivity index (χ1v) is 3.94. The second kappa shape index (κ2) is 5.85. The second-order valence-electron chi connectivity index (χ2n) is 0.424. The molecule has 0 aromatic rings. The Labute approximate surface area is 75.4 Å². The normalized spacial score (nSPS) is 12.4. The molecule has 0 fully saturated rings. The Morgan fingerprint density at radius 3 is 1.80 bits per heavy atom. The Bertz CT molecular complexity index is 32.6. The fraction of sp³-hybridized carbons (Fsp3) is 1.00. The molecule has 0 heterocycles. The van der Waals surface area contributed by atoms with E-state index in [0.29, 0.717) is 0 Å². The standard InChI is InChI=1S/CH4O2Se.Ba/c1-4(2)3;/h1H3,(H,2,3);/q;+2. The van der Waals surface area contributed by atoms with Gasteiger partial charge in [-0.15, -0.1) is 0 Å². The van der Waals surface area contributed by atoms with Gasteiger partial charge >= 0.3 is 76.9 Å². The van der Waals surface area contributed by atoms with Crippen LogP contribution in [0.1, 0.15) is 0 Å². The molecule has 0 radical (unpaired) electrons. The van der Waals surface area contributed by atoms with E-state index in [1.54, 1.807) is 0 Å². The van der Waals surface area contributed by atoms with Gasteiger partial charge < -0.3 is 0 Å². The van der Waals surface area contributed by atoms with E-state index in [9.17, 15) is 3.83 Å². The molecule has 4 heteroatoms. The Morgan fingerprint density at radius 2 is 1.80 bits per heavy atom. The minimum Gasteiger partial charge on any atom is 2.00 e. The van der Waals surface area contributed by atoms with Crippen LogP contribution in [0.2, 0.25) is 5.82 Å². The molecule has 26 valence electrons. The van der Waals surface area contributed by atoms with Crippen molar-refractivity contribution in [2.75, 3.05) is 0 Å². The SMILES string of the molecule is C[Se](=O)O.[Ba+2]. The third kappa shape index (κ3) is 25.3. The van der Waals surface area contributed by atoms with Gasteiger partial charge in [-0.3, -0.25) is 0 Å². The van der Waals surface area contributed by atoms with Crippen molar-refractivity contribution in [3.05, 3.63) is 0 Å². The molecule has 0 amide bonds. The first-order chi connectivity index (χ1) is 1.73. The molecular formula is CH4BaO2Se+2. The van der Waals surface area contributed by atoms with Crippen molar-refractivity contribution in [3.63, 3.8) is 0 Å². The molecule has 1 unspecified atom stereocenters. The molecule has 2 nitrogen and oxygen atoms in total. The van der Waals surface area contributed by atoms with Crippen molar-refractivity contribution >= 4 is 63.0 Å². The largest absolute Gasteiger partial charge is 2.00 e. The van der Waals surface area contributed by atoms with E-state index in [-0.39, 0.29) is 48.9 Å². The van der Waals surface area contributed by atoms with Crippen LogP contribution in [0.3, 0.4) is 0 Å². The van der Waals surface area contributed by atoms with E-state index in [4.69, 9.17) is 4.19 Å². The van der Waals surface area contributed by atoms with E-state index in [0.717, 1.165) is 0 Å². The van der Waals surface area contributed by atoms with Crippen LogP contribution >= 0.6 is 0 Å². The average molecular weight is 264 g/mol. The summed E-state index contributed by atoms with van der Waals surface area (Å²) in [4.78, 5) is 0. The van der Waals surface area contributed by atoms with Crippen LogP contribution in [-0.4, -0.2) is 67.2 Å². The molecular weight excluding hydrogens is 260 g/mol. The van der Waals surface area contributed by atoms with Crippen LogP contribution < -0.4 is 0 Å². The average Bonchev–Trinajstić information content (AvgIpc) is 0.811. The number of hydrogen-bond acceptors (Lipinski definition) is 1. The summed E-state index contributed by atoms with van der Waals surface area (Å²) < 4.78 is 16.8. The van der Waals surface area contributed by atoms with Gasteiger partial charge in [0.15, 0.2) is 0 Å². The van der Waals surface area contributed by atoms with Gasteiger partial charge in [0.25, 0.3) is 0 Å². The summed E-state index contributed by atoms with van der Waals surface area (Å²) in [5.74, 6) is 1.29. The fourth-order valence-corrected chi connectivity index (χ4v) is 0. The first kappa shape index (κ1) is 9.97. The van der Waals surface area contributed by atoms with Crippen LogP contribution in [-0.2, 0) is 3.83 Å². The van der Waals surface area contributed by atoms with Crippen LogP contribution in [0.15, 0.2) is 0 Å². The summed E-state index contributed by atoms with van der Waals surface area (Å²) in [6, 6.07) is 0. The Kier molecular flexibility index (Phi) is 11.7. The number of hydrogen-bond donors (Lipinski definition) is 1. The van der Waals surface area contributed by atoms with E-state index in [1.807, 2.05) is 0 Å². The van der Waals surface area contributed by atoms with Crippen LogP contribution in [0.25, 0.3) is 0 Å². The van der Waals surface area contributed by atoms with Gasteiger partial charge in [-0.1, -0.05) is 0 Å². The van der Waals surface area contributed by atoms with E-state index >= 15 is 0 Å². The molecule has 0 saturated heterocycles. The maximum atomic E-state index is 9.21. The van der Waals surface area contributed by atoms with Gasteiger partial charge in [-0.25, -0.2) is 0 Å². The van der Waals surface area contributed by atoms with Gasteiger partial charge in [0.2, 0.25) is 0 Å². The topological polar surface area (TPSA) is 37.3 Å². The van der Waals surface area contributed by atoms with Gasteiger partial charge in [-0.05, 0) is 0 Å². The zero-order valence-electron chi connectivity index (χ0n) is 2.97. The molecule has 0 aliphatic rings. The van der Waals surface area contributed by atoms with Crippen molar-refractivity contribution < 1.29 is 8.02 Å². The zero-order chi connectivity index (χ0) is 3.58. The Balaban J connectivity index is 0. The maximum absolute atomic E-state index is 9.21. The smallest absolute Gasteiger partial charge is 2.00 e. The Morgan fingerprint density at radius 1 is 1.80 bits per heavy atom. The third-order valence-electron chi connectivity index (χ3n) is 0. The molecule has 0 aliphatic carbocycles. The van der Waals surface area contributed by atoms with Crippen molar-refractivity contribution in [2.24, 2.45) is 0 Å². The van der Waals surface area contributed by atoms with E-state index in [2.05, 4.69) is 0 Å². The summed E-state index contributed by atoms with van der Waals surface area (Å²) in [5, 5.41) is 0. The quantitative estimate of drug-likeness (QED) is 0.579. The summed E-state index contributed by atoms with van der Waals surface area (Å²) in [6.45, 7) is 0. The predicted octanol–water partition coefficient (Wildman–Crippen LogP) is -0.854. The molecule has 0 saturated carbocycles. The molecule has 1 atom stereocenters. The third-order valence-corrected chi connectivity index (χ3v) is 0. The maximum Gasteiger partial charge on any atom is 2.00 e. The zero-order valence-corrected chi connectivity index (χ0v) is 9.12. The summed E-state index contributed by atoms with van der Waals surface area (Å²) in [5.41, 5.74) is 0. The molecule has 0 aromatic carbocycles. The van der Waals surface area contributed by atoms with Crippen LogP contribution in [0.5, 0.6) is 0 Å². The van der Waals surface area contributed by atoms with Crippen molar-refractivity contribution in [1.29, 1.82) is 0 Å². The molecule has 0 aliphatic heterocycles. The van der Waals surface area contributed by atoms with E-state index < -0.39 is 14.2 Å². The summed E-state index contributed by atoms with van der Waals surface area (Å²) in [6.07, 6.45) is 0. The molecule has 0 spiro atoms. The van der Waals surface area contributed by atoms with Gasteiger partial charge in [0.1, 0.15) is 0 Å². The van der Waals surface area contributed by atoms with Crippen molar-refractivity contribution in [1.82, 2.24) is 0 Å². The summed E-state index contributed by atoms with van der Waals surface area (Å²) >= 11 is -2.29. The minimum atomic E-state index is -2.29. The van der Waals surface area contributed by atoms with Gasteiger partial charge in [-0.2, -0.15) is 0 Å². The van der Waals surface area contributed by atoms with Crippen molar-refractivity contribution in [3.8, 4) is 0 Å². The van der Waals surface area contributed by atoms with Crippen LogP contribution in [0.4, 0.5) is 0 Å². The van der Waals surface area contributed by atoms with E-state index in [1.165, 1.54) is 5.82 Å². The Hall–Kier alpha value is 1.85. The monoisotopic (exact) mass is 266 g/mol. The van der Waals surface area contributed by atoms with Gasteiger partial charge in [0.05, 0.1) is 0 Å². The first-order valence-electron chi connectivity index (χ1n) is 0.757. The van der Waals surface area contributed by atoms with Crippen molar-refractivity contribution in [2.45, 2.75) is 5.82 Å². The van der Waals surface area contributed by atoms with Crippen LogP contribution in [0, 0.1) is 0 Å². The van der Waals surface area contributed by atoms with Gasteiger partial charge in [0, 0.05) is 0 Å². The molecule has 5 heavy (non-hydrogen) atoms. The predicted molar refractivity (Wildman–Crippen MR) is 20.3 cm³/mol. The minimum absolute atomic E-state index is 0. The molecule has 0 rings (SSSR count). The second-order valence-corrected chi connectivity index (χ2v) is 2.20. The fourth-order valence-electron chi connectivity index (χ4n) is 0. The molecule has 1 N–H and O–H groups in total. The molecule has 0 aromatic heterocycles. The number of rotatable bonds is 0.